The van der Waals surface area contributed by atoms with Gasteiger partial charge >= 0.3 is 0 Å². The minimum absolute atomic E-state index is 0.649. The fourth-order valence-electron chi connectivity index (χ4n) is 1.31. The summed E-state index contributed by atoms with van der Waals surface area (Å²) in [6.45, 7) is 0. The van der Waals surface area contributed by atoms with Gasteiger partial charge in [-0.1, -0.05) is 11.6 Å². The van der Waals surface area contributed by atoms with E-state index < -0.39 is 0 Å². The molecule has 1 N–H and O–H groups in total. The molecule has 1 aromatic heterocycles. The fourth-order valence-corrected chi connectivity index (χ4v) is 2.47. The third-order valence-corrected chi connectivity index (χ3v) is 3.36. The molecule has 0 fully saturated rings. The molecule has 1 heterocycles. The summed E-state index contributed by atoms with van der Waals surface area (Å²) in [5.74, 6) is 1.60. The van der Waals surface area contributed by atoms with Gasteiger partial charge in [-0.05, 0) is 18.2 Å². The summed E-state index contributed by atoms with van der Waals surface area (Å²) in [6.07, 6.45) is 0. The van der Waals surface area contributed by atoms with Crippen LogP contribution in [0, 0.1) is 0 Å². The fraction of sp³-hybridized carbons (Fsp3) is 0.182. The topological polar surface area (TPSA) is 34.1 Å². The number of hydrogen-bond acceptors (Lipinski definition) is 4. The van der Waals surface area contributed by atoms with Gasteiger partial charge in [0, 0.05) is 18.0 Å². The van der Waals surface area contributed by atoms with Crippen LogP contribution in [-0.2, 0) is 0 Å². The van der Waals surface area contributed by atoms with Gasteiger partial charge in [0.15, 0.2) is 0 Å². The van der Waals surface area contributed by atoms with Crippen LogP contribution in [0.15, 0.2) is 23.6 Å². The lowest BCUT2D eigenvalue weighted by Crippen LogP contribution is -1.88. The monoisotopic (exact) mass is 254 g/mol. The molecule has 0 aliphatic carbocycles. The number of benzene rings is 1. The van der Waals surface area contributed by atoms with E-state index in [-0.39, 0.29) is 0 Å². The van der Waals surface area contributed by atoms with Crippen LogP contribution < -0.4 is 10.1 Å². The van der Waals surface area contributed by atoms with E-state index in [1.807, 2.05) is 24.6 Å². The molecule has 0 bridgehead atoms. The zero-order valence-corrected chi connectivity index (χ0v) is 10.5. The van der Waals surface area contributed by atoms with E-state index in [4.69, 9.17) is 16.3 Å². The molecule has 3 nitrogen and oxygen atoms in total. The van der Waals surface area contributed by atoms with Crippen LogP contribution in [0.25, 0.3) is 10.6 Å². The van der Waals surface area contributed by atoms with Gasteiger partial charge in [0.05, 0.1) is 12.1 Å². The lowest BCUT2D eigenvalue weighted by Gasteiger charge is -2.03. The van der Waals surface area contributed by atoms with E-state index >= 15 is 0 Å². The summed E-state index contributed by atoms with van der Waals surface area (Å²) in [5.41, 5.74) is 0.925. The number of anilines is 1. The molecule has 0 atom stereocenters. The first-order valence-corrected chi connectivity index (χ1v) is 5.97. The first-order valence-electron chi connectivity index (χ1n) is 4.72. The molecule has 0 saturated carbocycles. The Balaban J connectivity index is 2.40. The average molecular weight is 255 g/mol. The Hall–Kier alpha value is -1.26. The van der Waals surface area contributed by atoms with Gasteiger partial charge in [-0.2, -0.15) is 0 Å². The molecule has 0 radical (unpaired) electrons. The smallest absolute Gasteiger partial charge is 0.137 e. The van der Waals surface area contributed by atoms with Crippen LogP contribution in [-0.4, -0.2) is 19.1 Å². The van der Waals surface area contributed by atoms with Gasteiger partial charge in [-0.25, -0.2) is 4.98 Å². The van der Waals surface area contributed by atoms with Gasteiger partial charge in [0.1, 0.15) is 16.6 Å². The lowest BCUT2D eigenvalue weighted by atomic mass is 10.2. The molecular weight excluding hydrogens is 244 g/mol. The maximum absolute atomic E-state index is 6.16. The Morgan fingerprint density at radius 1 is 1.44 bits per heavy atom. The summed E-state index contributed by atoms with van der Waals surface area (Å²) < 4.78 is 5.10. The number of thiazole rings is 1. The van der Waals surface area contributed by atoms with Crippen LogP contribution in [0.4, 0.5) is 5.82 Å². The molecule has 1 aromatic carbocycles. The Bertz CT molecular complexity index is 498. The highest BCUT2D eigenvalue weighted by Crippen LogP contribution is 2.33. The third-order valence-electron chi connectivity index (χ3n) is 2.17. The summed E-state index contributed by atoms with van der Waals surface area (Å²) in [7, 11) is 3.46. The van der Waals surface area contributed by atoms with Crippen molar-refractivity contribution < 1.29 is 4.74 Å². The lowest BCUT2D eigenvalue weighted by molar-refractivity contribution is 0.415. The van der Waals surface area contributed by atoms with Crippen molar-refractivity contribution in [2.75, 3.05) is 19.5 Å². The SMILES string of the molecule is CNc1csc(-c2ccc(OC)cc2Cl)n1. The van der Waals surface area contributed by atoms with Crippen molar-refractivity contribution in [2.45, 2.75) is 0 Å². The molecular formula is C11H11ClN2OS. The van der Waals surface area contributed by atoms with Crippen LogP contribution >= 0.6 is 22.9 Å². The molecule has 0 aliphatic rings. The number of aromatic nitrogens is 1. The van der Waals surface area contributed by atoms with Crippen LogP contribution in [0.1, 0.15) is 0 Å². The van der Waals surface area contributed by atoms with E-state index in [2.05, 4.69) is 10.3 Å². The molecule has 0 unspecified atom stereocenters. The Morgan fingerprint density at radius 3 is 2.81 bits per heavy atom. The molecule has 84 valence electrons. The van der Waals surface area contributed by atoms with Gasteiger partial charge < -0.3 is 10.1 Å². The number of methoxy groups -OCH3 is 1. The van der Waals surface area contributed by atoms with Crippen LogP contribution in [0.2, 0.25) is 5.02 Å². The minimum Gasteiger partial charge on any atom is -0.497 e. The zero-order valence-electron chi connectivity index (χ0n) is 8.95. The first-order chi connectivity index (χ1) is 7.74. The van der Waals surface area contributed by atoms with Gasteiger partial charge in [-0.15, -0.1) is 11.3 Å². The molecule has 2 rings (SSSR count). The molecule has 16 heavy (non-hydrogen) atoms. The Labute approximate surface area is 103 Å². The van der Waals surface area contributed by atoms with E-state index in [1.165, 1.54) is 0 Å². The molecule has 0 amide bonds. The number of ether oxygens (including phenoxy) is 1. The standard InChI is InChI=1S/C11H11ClN2OS/c1-13-10-6-16-11(14-10)8-4-3-7(15-2)5-9(8)12/h3-6,13H,1-2H3. The second-order valence-electron chi connectivity index (χ2n) is 3.13. The van der Waals surface area contributed by atoms with E-state index in [1.54, 1.807) is 24.5 Å². The highest BCUT2D eigenvalue weighted by Gasteiger charge is 2.08. The number of rotatable bonds is 3. The van der Waals surface area contributed by atoms with E-state index in [0.717, 1.165) is 22.1 Å². The molecule has 0 saturated heterocycles. The summed E-state index contributed by atoms with van der Waals surface area (Å²) in [6, 6.07) is 5.58. The van der Waals surface area contributed by atoms with Crippen molar-refractivity contribution in [2.24, 2.45) is 0 Å². The Morgan fingerprint density at radius 2 is 2.25 bits per heavy atom. The van der Waals surface area contributed by atoms with Crippen molar-refractivity contribution in [3.63, 3.8) is 0 Å². The van der Waals surface area contributed by atoms with E-state index in [9.17, 15) is 0 Å². The van der Waals surface area contributed by atoms with Gasteiger partial charge in [0.25, 0.3) is 0 Å². The van der Waals surface area contributed by atoms with E-state index in [0.29, 0.717) is 5.02 Å². The van der Waals surface area contributed by atoms with Crippen molar-refractivity contribution in [1.82, 2.24) is 4.98 Å². The zero-order chi connectivity index (χ0) is 11.5. The maximum atomic E-state index is 6.16. The summed E-state index contributed by atoms with van der Waals surface area (Å²) in [5, 5.41) is 6.49. The second-order valence-corrected chi connectivity index (χ2v) is 4.40. The minimum atomic E-state index is 0.649. The normalized spacial score (nSPS) is 10.2. The highest BCUT2D eigenvalue weighted by molar-refractivity contribution is 7.13. The quantitative estimate of drug-likeness (QED) is 0.910. The predicted molar refractivity (Wildman–Crippen MR) is 68.7 cm³/mol. The van der Waals surface area contributed by atoms with Gasteiger partial charge in [0.2, 0.25) is 0 Å². The molecule has 2 aromatic rings. The third kappa shape index (κ3) is 2.13. The average Bonchev–Trinajstić information content (AvgIpc) is 2.77. The number of nitrogens with zero attached hydrogens (tertiary/aromatic N) is 1. The highest BCUT2D eigenvalue weighted by atomic mass is 35.5. The van der Waals surface area contributed by atoms with Crippen molar-refractivity contribution in [3.8, 4) is 16.3 Å². The molecule has 5 heteroatoms. The maximum Gasteiger partial charge on any atom is 0.137 e. The second kappa shape index (κ2) is 4.72. The van der Waals surface area contributed by atoms with Crippen LogP contribution in [0.3, 0.4) is 0 Å². The predicted octanol–water partition coefficient (Wildman–Crippen LogP) is 3.51. The molecule has 0 aliphatic heterocycles. The van der Waals surface area contributed by atoms with Gasteiger partial charge in [-0.3, -0.25) is 0 Å². The van der Waals surface area contributed by atoms with Crippen molar-refractivity contribution in [3.05, 3.63) is 28.6 Å². The van der Waals surface area contributed by atoms with Crippen LogP contribution in [0.5, 0.6) is 5.75 Å². The molecule has 0 spiro atoms. The number of hydrogen-bond donors (Lipinski definition) is 1. The Kier molecular flexibility index (Phi) is 3.31. The number of halogens is 1. The van der Waals surface area contributed by atoms with Crippen molar-refractivity contribution >= 4 is 28.8 Å². The van der Waals surface area contributed by atoms with Crippen molar-refractivity contribution in [1.29, 1.82) is 0 Å². The summed E-state index contributed by atoms with van der Waals surface area (Å²) >= 11 is 7.72. The summed E-state index contributed by atoms with van der Waals surface area (Å²) in [4.78, 5) is 4.40. The number of nitrogens with one attached hydrogen (secondary N) is 1. The largest absolute Gasteiger partial charge is 0.497 e. The first kappa shape index (κ1) is 11.2.